The molecule has 0 aliphatic carbocycles. The fraction of sp³-hybridized carbons (Fsp3) is 0.0833. The van der Waals surface area contributed by atoms with Crippen LogP contribution in [0.4, 0.5) is 5.69 Å². The number of rotatable bonds is 4. The maximum Gasteiger partial charge on any atom is 0.350 e. The van der Waals surface area contributed by atoms with Crippen LogP contribution in [-0.4, -0.2) is 26.6 Å². The monoisotopic (exact) mass is 313 g/mol. The molecule has 0 amide bonds. The van der Waals surface area contributed by atoms with E-state index in [9.17, 15) is 18.3 Å². The predicted octanol–water partition coefficient (Wildman–Crippen LogP) is 2.04. The molecular formula is C12H11NO5S2. The second-order valence-electron chi connectivity index (χ2n) is 3.76. The second kappa shape index (κ2) is 5.51. The zero-order valence-corrected chi connectivity index (χ0v) is 12.0. The normalized spacial score (nSPS) is 11.1. The zero-order valence-electron chi connectivity index (χ0n) is 10.4. The fourth-order valence-corrected chi connectivity index (χ4v) is 3.44. The predicted molar refractivity (Wildman–Crippen MR) is 74.6 cm³/mol. The minimum absolute atomic E-state index is 0.0977. The van der Waals surface area contributed by atoms with Crippen LogP contribution in [0.2, 0.25) is 0 Å². The summed E-state index contributed by atoms with van der Waals surface area (Å²) in [6, 6.07) is 6.71. The summed E-state index contributed by atoms with van der Waals surface area (Å²) in [5.41, 5.74) is 0.144. The van der Waals surface area contributed by atoms with E-state index in [1.54, 1.807) is 5.38 Å². The summed E-state index contributed by atoms with van der Waals surface area (Å²) >= 11 is 1.07. The lowest BCUT2D eigenvalue weighted by molar-refractivity contribution is 0.0607. The molecule has 0 unspecified atom stereocenters. The Labute approximate surface area is 119 Å². The minimum Gasteiger partial charge on any atom is -0.508 e. The molecular weight excluding hydrogens is 302 g/mol. The van der Waals surface area contributed by atoms with Crippen LogP contribution < -0.4 is 4.72 Å². The Morgan fingerprint density at radius 1 is 1.35 bits per heavy atom. The number of anilines is 1. The molecule has 0 saturated heterocycles. The largest absolute Gasteiger partial charge is 0.508 e. The van der Waals surface area contributed by atoms with Crippen molar-refractivity contribution in [2.75, 3.05) is 11.8 Å². The number of benzene rings is 1. The summed E-state index contributed by atoms with van der Waals surface area (Å²) in [7, 11) is -2.66. The maximum atomic E-state index is 12.1. The molecule has 20 heavy (non-hydrogen) atoms. The summed E-state index contributed by atoms with van der Waals surface area (Å²) in [4.78, 5) is 11.6. The van der Waals surface area contributed by atoms with Gasteiger partial charge in [0.15, 0.2) is 0 Å². The Kier molecular flexibility index (Phi) is 3.96. The van der Waals surface area contributed by atoms with Crippen LogP contribution in [0.1, 0.15) is 9.67 Å². The van der Waals surface area contributed by atoms with Crippen molar-refractivity contribution in [3.05, 3.63) is 40.6 Å². The molecule has 1 aromatic carbocycles. The number of phenolic OH excluding ortho intramolecular Hbond substituents is 1. The van der Waals surface area contributed by atoms with Crippen LogP contribution >= 0.6 is 11.3 Å². The Morgan fingerprint density at radius 2 is 2.10 bits per heavy atom. The highest BCUT2D eigenvalue weighted by Crippen LogP contribution is 2.26. The molecule has 106 valence electrons. The van der Waals surface area contributed by atoms with Gasteiger partial charge in [0.25, 0.3) is 10.0 Å². The quantitative estimate of drug-likeness (QED) is 0.843. The molecule has 0 atom stereocenters. The van der Waals surface area contributed by atoms with E-state index in [0.29, 0.717) is 0 Å². The van der Waals surface area contributed by atoms with Gasteiger partial charge in [0, 0.05) is 6.07 Å². The van der Waals surface area contributed by atoms with Gasteiger partial charge >= 0.3 is 5.97 Å². The van der Waals surface area contributed by atoms with E-state index < -0.39 is 16.0 Å². The highest BCUT2D eigenvalue weighted by Gasteiger charge is 2.20. The SMILES string of the molecule is COC(=O)c1sccc1NS(=O)(=O)c1cccc(O)c1. The zero-order chi connectivity index (χ0) is 14.8. The van der Waals surface area contributed by atoms with Crippen molar-refractivity contribution < 1.29 is 23.1 Å². The first-order chi connectivity index (χ1) is 9.44. The summed E-state index contributed by atoms with van der Waals surface area (Å²) in [6.07, 6.45) is 0. The molecule has 0 spiro atoms. The number of methoxy groups -OCH3 is 1. The number of esters is 1. The van der Waals surface area contributed by atoms with Crippen molar-refractivity contribution in [3.8, 4) is 5.75 Å². The molecule has 0 aliphatic rings. The number of thiophene rings is 1. The van der Waals surface area contributed by atoms with Gasteiger partial charge < -0.3 is 9.84 Å². The summed E-state index contributed by atoms with van der Waals surface area (Å²) in [5.74, 6) is -0.778. The average molecular weight is 313 g/mol. The van der Waals surface area contributed by atoms with Crippen LogP contribution in [0.25, 0.3) is 0 Å². The van der Waals surface area contributed by atoms with E-state index in [0.717, 1.165) is 17.4 Å². The van der Waals surface area contributed by atoms with Crippen LogP contribution in [0.15, 0.2) is 40.6 Å². The second-order valence-corrected chi connectivity index (χ2v) is 6.36. The van der Waals surface area contributed by atoms with Gasteiger partial charge in [-0.25, -0.2) is 13.2 Å². The number of phenols is 1. The molecule has 2 aromatic rings. The van der Waals surface area contributed by atoms with E-state index in [1.807, 2.05) is 0 Å². The number of ether oxygens (including phenoxy) is 1. The summed E-state index contributed by atoms with van der Waals surface area (Å²) in [6.45, 7) is 0. The Bertz CT molecular complexity index is 736. The van der Waals surface area contributed by atoms with Crippen molar-refractivity contribution in [3.63, 3.8) is 0 Å². The third-order valence-electron chi connectivity index (χ3n) is 2.41. The smallest absolute Gasteiger partial charge is 0.350 e. The number of aromatic hydroxyl groups is 1. The Balaban J connectivity index is 2.34. The van der Waals surface area contributed by atoms with Crippen LogP contribution in [0, 0.1) is 0 Å². The van der Waals surface area contributed by atoms with Crippen molar-refractivity contribution in [1.82, 2.24) is 0 Å². The average Bonchev–Trinajstić information content (AvgIpc) is 2.85. The van der Waals surface area contributed by atoms with E-state index in [-0.39, 0.29) is 21.2 Å². The van der Waals surface area contributed by atoms with Crippen molar-refractivity contribution in [2.45, 2.75) is 4.90 Å². The van der Waals surface area contributed by atoms with Gasteiger partial charge in [-0.3, -0.25) is 4.72 Å². The molecule has 8 heteroatoms. The van der Waals surface area contributed by atoms with Crippen molar-refractivity contribution >= 4 is 33.0 Å². The van der Waals surface area contributed by atoms with Crippen LogP contribution in [0.3, 0.4) is 0 Å². The number of sulfonamides is 1. The first-order valence-corrected chi connectivity index (χ1v) is 7.78. The fourth-order valence-electron chi connectivity index (χ4n) is 1.49. The minimum atomic E-state index is -3.88. The van der Waals surface area contributed by atoms with Crippen molar-refractivity contribution in [2.24, 2.45) is 0 Å². The third-order valence-corrected chi connectivity index (χ3v) is 4.67. The third kappa shape index (κ3) is 2.91. The highest BCUT2D eigenvalue weighted by atomic mass is 32.2. The number of hydrogen-bond donors (Lipinski definition) is 2. The summed E-state index contributed by atoms with van der Waals surface area (Å²) < 4.78 is 31.2. The first kappa shape index (κ1) is 14.4. The molecule has 1 heterocycles. The van der Waals surface area contributed by atoms with Gasteiger partial charge in [0.05, 0.1) is 17.7 Å². The number of carbonyl (C=O) groups is 1. The highest BCUT2D eigenvalue weighted by molar-refractivity contribution is 7.92. The number of carbonyl (C=O) groups excluding carboxylic acids is 1. The van der Waals surface area contributed by atoms with E-state index in [2.05, 4.69) is 9.46 Å². The van der Waals surface area contributed by atoms with Gasteiger partial charge in [-0.05, 0) is 23.6 Å². The lowest BCUT2D eigenvalue weighted by Crippen LogP contribution is -2.14. The number of nitrogens with one attached hydrogen (secondary N) is 1. The molecule has 2 rings (SSSR count). The first-order valence-electron chi connectivity index (χ1n) is 5.41. The van der Waals surface area contributed by atoms with E-state index in [4.69, 9.17) is 0 Å². The molecule has 2 N–H and O–H groups in total. The molecule has 0 fully saturated rings. The topological polar surface area (TPSA) is 92.7 Å². The molecule has 0 saturated carbocycles. The van der Waals surface area contributed by atoms with Gasteiger partial charge in [-0.1, -0.05) is 6.07 Å². The van der Waals surface area contributed by atoms with Gasteiger partial charge in [0.1, 0.15) is 10.6 Å². The Hall–Kier alpha value is -2.06. The lowest BCUT2D eigenvalue weighted by Gasteiger charge is -2.08. The maximum absolute atomic E-state index is 12.1. The number of hydrogen-bond acceptors (Lipinski definition) is 6. The van der Waals surface area contributed by atoms with E-state index in [1.165, 1.54) is 31.4 Å². The lowest BCUT2D eigenvalue weighted by atomic mass is 10.3. The van der Waals surface area contributed by atoms with Crippen LogP contribution in [0.5, 0.6) is 5.75 Å². The molecule has 0 bridgehead atoms. The van der Waals surface area contributed by atoms with Crippen molar-refractivity contribution in [1.29, 1.82) is 0 Å². The summed E-state index contributed by atoms with van der Waals surface area (Å²) in [5, 5.41) is 10.9. The van der Waals surface area contributed by atoms with Gasteiger partial charge in [0.2, 0.25) is 0 Å². The van der Waals surface area contributed by atoms with Gasteiger partial charge in [-0.15, -0.1) is 11.3 Å². The molecule has 0 radical (unpaired) electrons. The molecule has 6 nitrogen and oxygen atoms in total. The molecule has 1 aromatic heterocycles. The van der Waals surface area contributed by atoms with Gasteiger partial charge in [-0.2, -0.15) is 0 Å². The van der Waals surface area contributed by atoms with E-state index >= 15 is 0 Å². The molecule has 0 aliphatic heterocycles. The standard InChI is InChI=1S/C12H11NO5S2/c1-18-12(15)11-10(5-6-19-11)13-20(16,17)9-4-2-3-8(14)7-9/h2-7,13-14H,1H3. The Morgan fingerprint density at radius 3 is 2.75 bits per heavy atom. The van der Waals surface area contributed by atoms with Crippen LogP contribution in [-0.2, 0) is 14.8 Å².